The highest BCUT2D eigenvalue weighted by Gasteiger charge is 2.38. The average molecular weight is 430 g/mol. The van der Waals surface area contributed by atoms with Crippen molar-refractivity contribution in [3.05, 3.63) is 71.3 Å². The third-order valence-corrected chi connectivity index (χ3v) is 5.82. The normalized spacial score (nSPS) is 19.3. The number of aryl methyl sites for hydroxylation is 1. The number of hydrogen-bond donors (Lipinski definition) is 2. The monoisotopic (exact) mass is 429 g/mol. The molecule has 2 aromatic carbocycles. The van der Waals surface area contributed by atoms with Gasteiger partial charge in [-0.15, -0.1) is 12.4 Å². The number of nitrogens with two attached hydrogens (primary N) is 1. The van der Waals surface area contributed by atoms with Crippen LogP contribution >= 0.6 is 12.4 Å². The largest absolute Gasteiger partial charge is 0.340 e. The van der Waals surface area contributed by atoms with Crippen molar-refractivity contribution in [3.63, 3.8) is 0 Å². The van der Waals surface area contributed by atoms with Gasteiger partial charge in [-0.2, -0.15) is 0 Å². The predicted molar refractivity (Wildman–Crippen MR) is 123 cm³/mol. The molecule has 30 heavy (non-hydrogen) atoms. The SMILES string of the molecule is Cc1ccc(C(=O)NC(C(=O)N2C[C@@H](CN)[C@H](c3ccccc3)C2)C(C)C)cc1.Cl. The number of benzene rings is 2. The van der Waals surface area contributed by atoms with E-state index in [-0.39, 0.29) is 42.0 Å². The number of likely N-dealkylation sites (tertiary alicyclic amines) is 1. The number of halogens is 1. The van der Waals surface area contributed by atoms with Crippen molar-refractivity contribution in [3.8, 4) is 0 Å². The molecule has 1 saturated heterocycles. The van der Waals surface area contributed by atoms with Crippen molar-refractivity contribution < 1.29 is 9.59 Å². The minimum absolute atomic E-state index is 0. The minimum Gasteiger partial charge on any atom is -0.340 e. The number of carbonyl (C=O) groups is 2. The molecule has 1 unspecified atom stereocenters. The fraction of sp³-hybridized carbons (Fsp3) is 0.417. The number of amides is 2. The summed E-state index contributed by atoms with van der Waals surface area (Å²) in [6, 6.07) is 17.1. The zero-order chi connectivity index (χ0) is 21.0. The van der Waals surface area contributed by atoms with Crippen molar-refractivity contribution in [2.24, 2.45) is 17.6 Å². The van der Waals surface area contributed by atoms with Gasteiger partial charge in [0.05, 0.1) is 0 Å². The molecular weight excluding hydrogens is 398 g/mol. The minimum atomic E-state index is -0.559. The molecule has 0 aliphatic carbocycles. The first-order valence-electron chi connectivity index (χ1n) is 10.3. The summed E-state index contributed by atoms with van der Waals surface area (Å²) in [5.41, 5.74) is 8.89. The first-order valence-corrected chi connectivity index (χ1v) is 10.3. The molecule has 162 valence electrons. The Morgan fingerprint density at radius 2 is 1.70 bits per heavy atom. The lowest BCUT2D eigenvalue weighted by Gasteiger charge is -2.27. The van der Waals surface area contributed by atoms with E-state index in [4.69, 9.17) is 5.73 Å². The maximum atomic E-state index is 13.3. The van der Waals surface area contributed by atoms with Crippen LogP contribution in [0.4, 0.5) is 0 Å². The van der Waals surface area contributed by atoms with Gasteiger partial charge in [0.1, 0.15) is 6.04 Å². The number of rotatable bonds is 6. The molecule has 0 saturated carbocycles. The van der Waals surface area contributed by atoms with E-state index >= 15 is 0 Å². The van der Waals surface area contributed by atoms with Gasteiger partial charge >= 0.3 is 0 Å². The molecule has 0 aromatic heterocycles. The van der Waals surface area contributed by atoms with E-state index in [0.29, 0.717) is 25.2 Å². The molecule has 3 atom stereocenters. The van der Waals surface area contributed by atoms with E-state index in [2.05, 4.69) is 17.4 Å². The average Bonchev–Trinajstić information content (AvgIpc) is 3.17. The van der Waals surface area contributed by atoms with Crippen LogP contribution in [0.1, 0.15) is 41.3 Å². The van der Waals surface area contributed by atoms with Crippen molar-refractivity contribution >= 4 is 24.2 Å². The number of nitrogens with zero attached hydrogens (tertiary/aromatic N) is 1. The molecule has 1 aliphatic rings. The molecule has 1 aliphatic heterocycles. The van der Waals surface area contributed by atoms with Gasteiger partial charge < -0.3 is 16.0 Å². The van der Waals surface area contributed by atoms with Gasteiger partial charge in [-0.05, 0) is 43.0 Å². The first-order chi connectivity index (χ1) is 13.9. The first kappa shape index (κ1) is 23.9. The summed E-state index contributed by atoms with van der Waals surface area (Å²) in [6.45, 7) is 7.69. The van der Waals surface area contributed by atoms with Crippen LogP contribution in [0.3, 0.4) is 0 Å². The molecule has 1 heterocycles. The van der Waals surface area contributed by atoms with E-state index < -0.39 is 6.04 Å². The van der Waals surface area contributed by atoms with Crippen LogP contribution in [0, 0.1) is 18.8 Å². The number of carbonyl (C=O) groups excluding carboxylic acids is 2. The van der Waals surface area contributed by atoms with E-state index in [9.17, 15) is 9.59 Å². The molecule has 2 amide bonds. The van der Waals surface area contributed by atoms with Crippen LogP contribution < -0.4 is 11.1 Å². The smallest absolute Gasteiger partial charge is 0.251 e. The summed E-state index contributed by atoms with van der Waals surface area (Å²) < 4.78 is 0. The van der Waals surface area contributed by atoms with E-state index in [1.807, 2.05) is 56.0 Å². The molecular formula is C24H32ClN3O2. The molecule has 0 spiro atoms. The summed E-state index contributed by atoms with van der Waals surface area (Å²) in [7, 11) is 0. The molecule has 1 fully saturated rings. The second-order valence-corrected chi connectivity index (χ2v) is 8.32. The van der Waals surface area contributed by atoms with Crippen molar-refractivity contribution in [1.82, 2.24) is 10.2 Å². The Bertz CT molecular complexity index is 839. The zero-order valence-electron chi connectivity index (χ0n) is 17.9. The Hall–Kier alpha value is -2.37. The Morgan fingerprint density at radius 3 is 2.27 bits per heavy atom. The number of hydrogen-bond acceptors (Lipinski definition) is 3. The summed E-state index contributed by atoms with van der Waals surface area (Å²) in [6.07, 6.45) is 0. The third kappa shape index (κ3) is 5.41. The van der Waals surface area contributed by atoms with Gasteiger partial charge in [0.25, 0.3) is 5.91 Å². The van der Waals surface area contributed by atoms with Crippen molar-refractivity contribution in [2.45, 2.75) is 32.7 Å². The highest BCUT2D eigenvalue weighted by Crippen LogP contribution is 2.32. The Morgan fingerprint density at radius 1 is 1.07 bits per heavy atom. The van der Waals surface area contributed by atoms with Crippen molar-refractivity contribution in [2.75, 3.05) is 19.6 Å². The maximum absolute atomic E-state index is 13.3. The Kier molecular flexibility index (Phi) is 8.44. The molecule has 2 aromatic rings. The summed E-state index contributed by atoms with van der Waals surface area (Å²) >= 11 is 0. The zero-order valence-corrected chi connectivity index (χ0v) is 18.7. The second-order valence-electron chi connectivity index (χ2n) is 8.32. The molecule has 0 radical (unpaired) electrons. The van der Waals surface area contributed by atoms with Crippen LogP contribution in [0.2, 0.25) is 0 Å². The lowest BCUT2D eigenvalue weighted by Crippen LogP contribution is -2.50. The van der Waals surface area contributed by atoms with E-state index in [1.165, 1.54) is 5.56 Å². The third-order valence-electron chi connectivity index (χ3n) is 5.82. The molecule has 6 heteroatoms. The second kappa shape index (κ2) is 10.6. The predicted octanol–water partition coefficient (Wildman–Crippen LogP) is 3.37. The van der Waals surface area contributed by atoms with E-state index in [1.54, 1.807) is 12.1 Å². The van der Waals surface area contributed by atoms with Crippen LogP contribution in [-0.2, 0) is 4.79 Å². The molecule has 0 bridgehead atoms. The highest BCUT2D eigenvalue weighted by atomic mass is 35.5. The van der Waals surface area contributed by atoms with Gasteiger partial charge in [-0.1, -0.05) is 61.9 Å². The summed E-state index contributed by atoms with van der Waals surface area (Å²) in [5, 5.41) is 2.95. The lowest BCUT2D eigenvalue weighted by atomic mass is 9.89. The van der Waals surface area contributed by atoms with Crippen LogP contribution in [-0.4, -0.2) is 42.4 Å². The molecule has 5 nitrogen and oxygen atoms in total. The Balaban J connectivity index is 0.00000320. The van der Waals surface area contributed by atoms with E-state index in [0.717, 1.165) is 5.56 Å². The van der Waals surface area contributed by atoms with Crippen LogP contribution in [0.5, 0.6) is 0 Å². The van der Waals surface area contributed by atoms with Gasteiger partial charge in [0, 0.05) is 24.6 Å². The maximum Gasteiger partial charge on any atom is 0.251 e. The fourth-order valence-corrected chi connectivity index (χ4v) is 4.01. The summed E-state index contributed by atoms with van der Waals surface area (Å²) in [4.78, 5) is 27.9. The van der Waals surface area contributed by atoms with Gasteiger partial charge in [0.2, 0.25) is 5.91 Å². The highest BCUT2D eigenvalue weighted by molar-refractivity contribution is 5.97. The summed E-state index contributed by atoms with van der Waals surface area (Å²) in [5.74, 6) is 0.195. The number of nitrogens with one attached hydrogen (secondary N) is 1. The van der Waals surface area contributed by atoms with Crippen LogP contribution in [0.15, 0.2) is 54.6 Å². The molecule has 3 rings (SSSR count). The van der Waals surface area contributed by atoms with Crippen molar-refractivity contribution in [1.29, 1.82) is 0 Å². The van der Waals surface area contributed by atoms with Gasteiger partial charge in [-0.25, -0.2) is 0 Å². The van der Waals surface area contributed by atoms with Crippen LogP contribution in [0.25, 0.3) is 0 Å². The Labute approximate surface area is 185 Å². The van der Waals surface area contributed by atoms with Gasteiger partial charge in [0.15, 0.2) is 0 Å². The lowest BCUT2D eigenvalue weighted by molar-refractivity contribution is -0.133. The fourth-order valence-electron chi connectivity index (χ4n) is 4.01. The molecule has 3 N–H and O–H groups in total. The van der Waals surface area contributed by atoms with Gasteiger partial charge in [-0.3, -0.25) is 9.59 Å². The standard InChI is InChI=1S/C24H31N3O2.ClH/c1-16(2)22(26-23(28)19-11-9-17(3)10-12-19)24(29)27-14-20(13-25)21(15-27)18-7-5-4-6-8-18;/h4-12,16,20-22H,13-15,25H2,1-3H3,(H,26,28);1H/t20-,21+,22?;/m1./s1. The topological polar surface area (TPSA) is 75.4 Å². The quantitative estimate of drug-likeness (QED) is 0.739.